The molecule has 1 heterocycles. The van der Waals surface area contributed by atoms with Gasteiger partial charge in [-0.05, 0) is 12.7 Å². The van der Waals surface area contributed by atoms with Crippen LogP contribution in [-0.4, -0.2) is 46.6 Å². The van der Waals surface area contributed by atoms with E-state index < -0.39 is 6.04 Å². The van der Waals surface area contributed by atoms with Gasteiger partial charge in [0.1, 0.15) is 0 Å². The van der Waals surface area contributed by atoms with Crippen molar-refractivity contribution < 1.29 is 4.79 Å². The molecule has 1 atom stereocenters. The Balaban J connectivity index is 2.30. The quantitative estimate of drug-likeness (QED) is 0.559. The van der Waals surface area contributed by atoms with Crippen molar-refractivity contribution in [1.82, 2.24) is 14.9 Å². The number of nitrogens with one attached hydrogen (secondary N) is 2. The molecule has 0 radical (unpaired) electrons. The van der Waals surface area contributed by atoms with Crippen LogP contribution in [0.5, 0.6) is 0 Å². The van der Waals surface area contributed by atoms with Gasteiger partial charge in [-0.15, -0.1) is 0 Å². The number of hydrogen-bond donors (Lipinski definition) is 3. The molecule has 6 nitrogen and oxygen atoms in total. The number of nitrogens with two attached hydrogens (primary N) is 1. The largest absolute Gasteiger partial charge is 0.334 e. The minimum Gasteiger partial charge on any atom is -0.334 e. The van der Waals surface area contributed by atoms with Crippen LogP contribution in [0.3, 0.4) is 0 Å². The van der Waals surface area contributed by atoms with Gasteiger partial charge in [0, 0.05) is 31.6 Å². The van der Waals surface area contributed by atoms with Crippen LogP contribution in [0.25, 0.3) is 0 Å². The lowest BCUT2D eigenvalue weighted by Gasteiger charge is -2.09. The zero-order valence-electron chi connectivity index (χ0n) is 12.3. The first-order valence-electron chi connectivity index (χ1n) is 6.95. The average Bonchev–Trinajstić information content (AvgIpc) is 2.86. The van der Waals surface area contributed by atoms with Crippen LogP contribution in [0.4, 0.5) is 5.82 Å². The van der Waals surface area contributed by atoms with Gasteiger partial charge in [0.15, 0.2) is 5.82 Å². The molecule has 0 saturated carbocycles. The summed E-state index contributed by atoms with van der Waals surface area (Å²) in [6.07, 6.45) is 7.22. The molecule has 0 bridgehead atoms. The first-order valence-corrected chi connectivity index (χ1v) is 8.34. The molecule has 1 aromatic rings. The van der Waals surface area contributed by atoms with E-state index in [1.807, 2.05) is 29.4 Å². The van der Waals surface area contributed by atoms with Crippen molar-refractivity contribution in [2.24, 2.45) is 5.73 Å². The summed E-state index contributed by atoms with van der Waals surface area (Å²) in [4.78, 5) is 15.9. The van der Waals surface area contributed by atoms with Crippen LogP contribution in [0.15, 0.2) is 12.5 Å². The van der Waals surface area contributed by atoms with Gasteiger partial charge < -0.3 is 20.9 Å². The molecular formula is C13H25N5OS. The van der Waals surface area contributed by atoms with Crippen LogP contribution < -0.4 is 16.4 Å². The highest BCUT2D eigenvalue weighted by atomic mass is 32.2. The average molecular weight is 299 g/mol. The Labute approximate surface area is 124 Å². The molecule has 0 fully saturated rings. The number of thioether (sulfide) groups is 1. The van der Waals surface area contributed by atoms with Crippen molar-refractivity contribution in [3.05, 3.63) is 12.5 Å². The van der Waals surface area contributed by atoms with Gasteiger partial charge in [0.25, 0.3) is 0 Å². The zero-order chi connectivity index (χ0) is 14.8. The number of anilines is 1. The molecule has 0 saturated heterocycles. The van der Waals surface area contributed by atoms with Crippen molar-refractivity contribution in [1.29, 1.82) is 0 Å². The number of rotatable bonds is 10. The fourth-order valence-corrected chi connectivity index (χ4v) is 2.06. The minimum absolute atomic E-state index is 0.171. The third-order valence-corrected chi connectivity index (χ3v) is 3.46. The third kappa shape index (κ3) is 6.40. The normalized spacial score (nSPS) is 12.3. The maximum Gasteiger partial charge on any atom is 0.242 e. The fraction of sp³-hybridized carbons (Fsp3) is 0.692. The van der Waals surface area contributed by atoms with Gasteiger partial charge in [-0.2, -0.15) is 11.8 Å². The molecule has 1 rings (SSSR count). The van der Waals surface area contributed by atoms with Gasteiger partial charge in [0.05, 0.1) is 12.4 Å². The summed E-state index contributed by atoms with van der Waals surface area (Å²) in [5.74, 6) is 1.50. The van der Waals surface area contributed by atoms with E-state index in [2.05, 4.69) is 21.9 Å². The smallest absolute Gasteiger partial charge is 0.242 e. The monoisotopic (exact) mass is 299 g/mol. The first-order chi connectivity index (χ1) is 9.67. The molecule has 0 aliphatic heterocycles. The Hall–Kier alpha value is -1.05. The number of nitrogens with zero attached hydrogens (tertiary/aromatic N) is 2. The summed E-state index contributed by atoms with van der Waals surface area (Å²) in [5.41, 5.74) is 5.75. The second-order valence-electron chi connectivity index (χ2n) is 4.62. The summed E-state index contributed by atoms with van der Waals surface area (Å²) < 4.78 is 1.95. The fourth-order valence-electron chi connectivity index (χ4n) is 1.72. The molecular weight excluding hydrogens is 274 g/mol. The highest BCUT2D eigenvalue weighted by molar-refractivity contribution is 7.98. The first kappa shape index (κ1) is 17.0. The van der Waals surface area contributed by atoms with E-state index in [9.17, 15) is 4.79 Å². The predicted octanol–water partition coefficient (Wildman–Crippen LogP) is 0.902. The van der Waals surface area contributed by atoms with E-state index in [0.29, 0.717) is 12.2 Å². The van der Waals surface area contributed by atoms with Gasteiger partial charge >= 0.3 is 0 Å². The second-order valence-corrected chi connectivity index (χ2v) is 5.61. The molecule has 0 spiro atoms. The Morgan fingerprint density at radius 3 is 3.05 bits per heavy atom. The third-order valence-electron chi connectivity index (χ3n) is 2.85. The van der Waals surface area contributed by atoms with Crippen LogP contribution in [0, 0.1) is 0 Å². The van der Waals surface area contributed by atoms with Crippen molar-refractivity contribution in [2.75, 3.05) is 30.4 Å². The summed E-state index contributed by atoms with van der Waals surface area (Å²) in [5, 5.41) is 6.08. The van der Waals surface area contributed by atoms with Gasteiger partial charge in [0.2, 0.25) is 5.91 Å². The number of hydrogen-bond acceptors (Lipinski definition) is 5. The Bertz CT molecular complexity index is 396. The van der Waals surface area contributed by atoms with E-state index in [1.54, 1.807) is 6.33 Å². The van der Waals surface area contributed by atoms with E-state index in [1.165, 1.54) is 0 Å². The van der Waals surface area contributed by atoms with E-state index in [4.69, 9.17) is 5.73 Å². The lowest BCUT2D eigenvalue weighted by Crippen LogP contribution is -2.35. The minimum atomic E-state index is -0.460. The number of carbonyl (C=O) groups is 1. The van der Waals surface area contributed by atoms with Gasteiger partial charge in [-0.25, -0.2) is 4.98 Å². The lowest BCUT2D eigenvalue weighted by molar-refractivity contribution is -0.117. The predicted molar refractivity (Wildman–Crippen MR) is 85.0 cm³/mol. The number of imidazole rings is 1. The van der Waals surface area contributed by atoms with Crippen LogP contribution in [0.1, 0.15) is 19.8 Å². The number of carbonyl (C=O) groups excluding carboxylic acids is 1. The molecule has 20 heavy (non-hydrogen) atoms. The number of aromatic nitrogens is 2. The van der Waals surface area contributed by atoms with E-state index >= 15 is 0 Å². The molecule has 0 aliphatic rings. The number of amides is 1. The van der Waals surface area contributed by atoms with Crippen molar-refractivity contribution in [3.63, 3.8) is 0 Å². The molecule has 0 aliphatic carbocycles. The Kier molecular flexibility index (Phi) is 8.32. The topological polar surface area (TPSA) is 85.0 Å². The summed E-state index contributed by atoms with van der Waals surface area (Å²) in [6.45, 7) is 4.73. The molecule has 0 unspecified atom stereocenters. The molecule has 7 heteroatoms. The highest BCUT2D eigenvalue weighted by Crippen LogP contribution is 2.04. The summed E-state index contributed by atoms with van der Waals surface area (Å²) >= 11 is 1.82. The lowest BCUT2D eigenvalue weighted by atomic mass is 10.2. The van der Waals surface area contributed by atoms with Crippen LogP contribution in [-0.2, 0) is 11.3 Å². The molecule has 1 amide bonds. The van der Waals surface area contributed by atoms with Crippen LogP contribution >= 0.6 is 11.8 Å². The van der Waals surface area contributed by atoms with Gasteiger partial charge in [-0.1, -0.05) is 13.3 Å². The van der Waals surface area contributed by atoms with E-state index in [-0.39, 0.29) is 5.91 Å². The highest BCUT2D eigenvalue weighted by Gasteiger charge is 2.13. The Morgan fingerprint density at radius 1 is 1.55 bits per heavy atom. The SMILES string of the molecule is CCC[C@H](N)C(=O)Nc1cn(CCNCCSC)cn1. The maximum atomic E-state index is 11.7. The van der Waals surface area contributed by atoms with Crippen molar-refractivity contribution >= 4 is 23.5 Å². The van der Waals surface area contributed by atoms with Gasteiger partial charge in [-0.3, -0.25) is 4.79 Å². The molecule has 114 valence electrons. The van der Waals surface area contributed by atoms with E-state index in [0.717, 1.165) is 31.8 Å². The second kappa shape index (κ2) is 9.79. The van der Waals surface area contributed by atoms with Crippen molar-refractivity contribution in [2.45, 2.75) is 32.4 Å². The van der Waals surface area contributed by atoms with Crippen LogP contribution in [0.2, 0.25) is 0 Å². The molecule has 4 N–H and O–H groups in total. The summed E-state index contributed by atoms with van der Waals surface area (Å²) in [6, 6.07) is -0.460. The molecule has 0 aromatic carbocycles. The standard InChI is InChI=1S/C13H25N5OS/c1-3-4-11(14)13(19)17-12-9-18(10-16-12)7-5-15-6-8-20-2/h9-11,15H,3-8,14H2,1-2H3,(H,17,19)/t11-/m0/s1. The maximum absolute atomic E-state index is 11.7. The summed E-state index contributed by atoms with van der Waals surface area (Å²) in [7, 11) is 0. The Morgan fingerprint density at radius 2 is 2.35 bits per heavy atom. The zero-order valence-corrected chi connectivity index (χ0v) is 13.1. The van der Waals surface area contributed by atoms with Crippen molar-refractivity contribution in [3.8, 4) is 0 Å². The molecule has 1 aromatic heterocycles.